The molecule has 0 saturated carbocycles. The van der Waals surface area contributed by atoms with Crippen molar-refractivity contribution in [3.8, 4) is 0 Å². The monoisotopic (exact) mass is 221 g/mol. The van der Waals surface area contributed by atoms with Crippen LogP contribution in [-0.4, -0.2) is 5.91 Å². The molecule has 0 radical (unpaired) electrons. The molecule has 1 N–H and O–H groups in total. The lowest BCUT2D eigenvalue weighted by Gasteiger charge is -2.01. The van der Waals surface area contributed by atoms with Crippen LogP contribution in [0.2, 0.25) is 5.22 Å². The Morgan fingerprint density at radius 2 is 1.87 bits per heavy atom. The molecule has 3 nitrogen and oxygen atoms in total. The van der Waals surface area contributed by atoms with Crippen molar-refractivity contribution in [2.75, 3.05) is 5.32 Å². The van der Waals surface area contributed by atoms with E-state index in [0.717, 1.165) is 5.69 Å². The van der Waals surface area contributed by atoms with Gasteiger partial charge in [0.25, 0.3) is 5.91 Å². The molecule has 1 heterocycles. The first kappa shape index (κ1) is 9.80. The van der Waals surface area contributed by atoms with Crippen LogP contribution in [0.4, 0.5) is 5.69 Å². The first-order valence-corrected chi connectivity index (χ1v) is 4.75. The maximum absolute atomic E-state index is 11.6. The highest BCUT2D eigenvalue weighted by atomic mass is 35.5. The van der Waals surface area contributed by atoms with Gasteiger partial charge >= 0.3 is 0 Å². The lowest BCUT2D eigenvalue weighted by molar-refractivity contribution is 0.0997. The third kappa shape index (κ3) is 2.39. The molecular formula is C11H8ClNO2. The van der Waals surface area contributed by atoms with Crippen LogP contribution >= 0.6 is 11.6 Å². The Morgan fingerprint density at radius 1 is 1.13 bits per heavy atom. The van der Waals surface area contributed by atoms with E-state index < -0.39 is 0 Å². The van der Waals surface area contributed by atoms with Crippen molar-refractivity contribution in [1.29, 1.82) is 0 Å². The summed E-state index contributed by atoms with van der Waals surface area (Å²) in [5.74, 6) is -0.114. The zero-order chi connectivity index (χ0) is 10.7. The second-order valence-electron chi connectivity index (χ2n) is 2.92. The second-order valence-corrected chi connectivity index (χ2v) is 3.30. The average molecular weight is 222 g/mol. The minimum absolute atomic E-state index is 0.198. The maximum atomic E-state index is 11.6. The highest BCUT2D eigenvalue weighted by molar-refractivity contribution is 6.29. The fourth-order valence-electron chi connectivity index (χ4n) is 1.15. The fourth-order valence-corrected chi connectivity index (χ4v) is 1.30. The normalized spacial score (nSPS) is 9.93. The zero-order valence-electron chi connectivity index (χ0n) is 7.74. The molecule has 2 rings (SSSR count). The summed E-state index contributed by atoms with van der Waals surface area (Å²) in [4.78, 5) is 11.6. The SMILES string of the molecule is O=C(Nc1ccccc1)c1ccc(Cl)o1. The van der Waals surface area contributed by atoms with Gasteiger partial charge < -0.3 is 9.73 Å². The molecule has 0 atom stereocenters. The highest BCUT2D eigenvalue weighted by Crippen LogP contribution is 2.15. The molecule has 0 aliphatic heterocycles. The number of amides is 1. The second kappa shape index (κ2) is 4.19. The molecular weight excluding hydrogens is 214 g/mol. The Kier molecular flexibility index (Phi) is 2.74. The summed E-state index contributed by atoms with van der Waals surface area (Å²) >= 11 is 5.56. The van der Waals surface area contributed by atoms with Crippen LogP contribution in [0.15, 0.2) is 46.9 Å². The van der Waals surface area contributed by atoms with Crippen LogP contribution < -0.4 is 5.32 Å². The Hall–Kier alpha value is -1.74. The largest absolute Gasteiger partial charge is 0.440 e. The summed E-state index contributed by atoms with van der Waals surface area (Å²) < 4.78 is 4.97. The predicted molar refractivity (Wildman–Crippen MR) is 58.1 cm³/mol. The van der Waals surface area contributed by atoms with Gasteiger partial charge in [-0.3, -0.25) is 4.79 Å². The molecule has 0 unspecified atom stereocenters. The third-order valence-electron chi connectivity index (χ3n) is 1.83. The van der Waals surface area contributed by atoms with Crippen LogP contribution in [0, 0.1) is 0 Å². The molecule has 0 aliphatic rings. The highest BCUT2D eigenvalue weighted by Gasteiger charge is 2.09. The van der Waals surface area contributed by atoms with E-state index in [4.69, 9.17) is 16.0 Å². The van der Waals surface area contributed by atoms with Crippen LogP contribution in [0.5, 0.6) is 0 Å². The van der Waals surface area contributed by atoms with Gasteiger partial charge in [0.1, 0.15) is 0 Å². The van der Waals surface area contributed by atoms with Gasteiger partial charge in [0.15, 0.2) is 11.0 Å². The van der Waals surface area contributed by atoms with Crippen molar-refractivity contribution < 1.29 is 9.21 Å². The fraction of sp³-hybridized carbons (Fsp3) is 0. The molecule has 76 valence electrons. The minimum Gasteiger partial charge on any atom is -0.440 e. The molecule has 4 heteroatoms. The molecule has 0 fully saturated rings. The Balaban J connectivity index is 2.11. The topological polar surface area (TPSA) is 42.2 Å². The summed E-state index contributed by atoms with van der Waals surface area (Å²) in [6, 6.07) is 12.2. The summed E-state index contributed by atoms with van der Waals surface area (Å²) in [7, 11) is 0. The number of anilines is 1. The summed E-state index contributed by atoms with van der Waals surface area (Å²) in [6.45, 7) is 0. The molecule has 2 aromatic rings. The molecule has 0 saturated heterocycles. The van der Waals surface area contributed by atoms with Gasteiger partial charge in [-0.05, 0) is 35.9 Å². The van der Waals surface area contributed by atoms with Gasteiger partial charge in [0, 0.05) is 5.69 Å². The number of rotatable bonds is 2. The summed E-state index contributed by atoms with van der Waals surface area (Å²) in [5.41, 5.74) is 0.718. The molecule has 0 aliphatic carbocycles. The van der Waals surface area contributed by atoms with Crippen molar-refractivity contribution in [2.24, 2.45) is 0 Å². The summed E-state index contributed by atoms with van der Waals surface area (Å²) in [6.07, 6.45) is 0. The molecule has 0 spiro atoms. The molecule has 0 bridgehead atoms. The van der Waals surface area contributed by atoms with Crippen LogP contribution in [0.3, 0.4) is 0 Å². The summed E-state index contributed by atoms with van der Waals surface area (Å²) in [5, 5.41) is 2.88. The third-order valence-corrected chi connectivity index (χ3v) is 2.03. The van der Waals surface area contributed by atoms with Crippen molar-refractivity contribution in [1.82, 2.24) is 0 Å². The van der Waals surface area contributed by atoms with E-state index in [9.17, 15) is 4.79 Å². The van der Waals surface area contributed by atoms with E-state index in [2.05, 4.69) is 5.32 Å². The number of para-hydroxylation sites is 1. The van der Waals surface area contributed by atoms with Gasteiger partial charge in [0.2, 0.25) is 0 Å². The first-order chi connectivity index (χ1) is 7.25. The standard InChI is InChI=1S/C11H8ClNO2/c12-10-7-6-9(15-10)11(14)13-8-4-2-1-3-5-8/h1-7H,(H,13,14). The number of carbonyl (C=O) groups excluding carboxylic acids is 1. The Bertz CT molecular complexity index is 464. The maximum Gasteiger partial charge on any atom is 0.291 e. The number of hydrogen-bond donors (Lipinski definition) is 1. The van der Waals surface area contributed by atoms with Crippen molar-refractivity contribution in [3.05, 3.63) is 53.4 Å². The van der Waals surface area contributed by atoms with Crippen molar-refractivity contribution >= 4 is 23.2 Å². The van der Waals surface area contributed by atoms with E-state index in [1.807, 2.05) is 18.2 Å². The Labute approximate surface area is 91.7 Å². The van der Waals surface area contributed by atoms with Crippen LogP contribution in [-0.2, 0) is 0 Å². The van der Waals surface area contributed by atoms with Crippen molar-refractivity contribution in [3.63, 3.8) is 0 Å². The number of hydrogen-bond acceptors (Lipinski definition) is 2. The van der Waals surface area contributed by atoms with Gasteiger partial charge in [-0.15, -0.1) is 0 Å². The lowest BCUT2D eigenvalue weighted by atomic mass is 10.3. The van der Waals surface area contributed by atoms with Crippen LogP contribution in [0.25, 0.3) is 0 Å². The molecule has 1 aromatic carbocycles. The predicted octanol–water partition coefficient (Wildman–Crippen LogP) is 3.19. The van der Waals surface area contributed by atoms with E-state index >= 15 is 0 Å². The smallest absolute Gasteiger partial charge is 0.291 e. The average Bonchev–Trinajstić information content (AvgIpc) is 2.66. The number of benzene rings is 1. The number of nitrogens with one attached hydrogen (secondary N) is 1. The zero-order valence-corrected chi connectivity index (χ0v) is 8.49. The molecule has 1 amide bonds. The van der Waals surface area contributed by atoms with E-state index in [1.165, 1.54) is 12.1 Å². The van der Waals surface area contributed by atoms with Crippen molar-refractivity contribution in [2.45, 2.75) is 0 Å². The minimum atomic E-state index is -0.312. The van der Waals surface area contributed by atoms with Gasteiger partial charge in [-0.2, -0.15) is 0 Å². The van der Waals surface area contributed by atoms with Gasteiger partial charge in [-0.25, -0.2) is 0 Å². The van der Waals surface area contributed by atoms with E-state index in [1.54, 1.807) is 12.1 Å². The first-order valence-electron chi connectivity index (χ1n) is 4.37. The number of carbonyl (C=O) groups is 1. The van der Waals surface area contributed by atoms with Gasteiger partial charge in [0.05, 0.1) is 0 Å². The lowest BCUT2D eigenvalue weighted by Crippen LogP contribution is -2.10. The van der Waals surface area contributed by atoms with E-state index in [-0.39, 0.29) is 16.9 Å². The van der Waals surface area contributed by atoms with Gasteiger partial charge in [-0.1, -0.05) is 18.2 Å². The molecule has 1 aromatic heterocycles. The van der Waals surface area contributed by atoms with E-state index in [0.29, 0.717) is 0 Å². The number of furan rings is 1. The Morgan fingerprint density at radius 3 is 2.47 bits per heavy atom. The quantitative estimate of drug-likeness (QED) is 0.846. The number of halogens is 1. The molecule has 15 heavy (non-hydrogen) atoms. The van der Waals surface area contributed by atoms with Crippen LogP contribution in [0.1, 0.15) is 10.6 Å².